The molecule has 1 unspecified atom stereocenters. The van der Waals surface area contributed by atoms with Crippen molar-refractivity contribution >= 4 is 0 Å². The van der Waals surface area contributed by atoms with Gasteiger partial charge in [0.05, 0.1) is 0 Å². The van der Waals surface area contributed by atoms with Crippen molar-refractivity contribution in [3.05, 3.63) is 29.8 Å². The Morgan fingerprint density at radius 3 is 2.69 bits per heavy atom. The van der Waals surface area contributed by atoms with E-state index in [0.29, 0.717) is 12.3 Å². The zero-order valence-corrected chi connectivity index (χ0v) is 9.59. The lowest BCUT2D eigenvalue weighted by atomic mass is 10.3. The molecule has 0 bridgehead atoms. The zero-order valence-electron chi connectivity index (χ0n) is 9.59. The predicted octanol–water partition coefficient (Wildman–Crippen LogP) is 2.73. The molecule has 0 amide bonds. The van der Waals surface area contributed by atoms with Crippen molar-refractivity contribution in [2.45, 2.75) is 26.4 Å². The number of nitrogens with one attached hydrogen (secondary N) is 1. The van der Waals surface area contributed by atoms with Gasteiger partial charge in [-0.05, 0) is 32.0 Å². The van der Waals surface area contributed by atoms with Crippen LogP contribution in [0.2, 0.25) is 0 Å². The van der Waals surface area contributed by atoms with E-state index in [0.717, 1.165) is 25.1 Å². The lowest BCUT2D eigenvalue weighted by Gasteiger charge is -2.15. The molecule has 0 aromatic heterocycles. The number of benzene rings is 1. The normalized spacial score (nSPS) is 12.5. The Hall–Kier alpha value is -1.16. The molecule has 0 spiro atoms. The van der Waals surface area contributed by atoms with Gasteiger partial charge in [-0.2, -0.15) is 0 Å². The minimum absolute atomic E-state index is 0.0728. The molecule has 0 saturated heterocycles. The Morgan fingerprint density at radius 1 is 1.31 bits per heavy atom. The first-order chi connectivity index (χ1) is 7.63. The molecule has 2 nitrogen and oxygen atoms in total. The summed E-state index contributed by atoms with van der Waals surface area (Å²) in [5.74, 6) is -1.39. The fourth-order valence-electron chi connectivity index (χ4n) is 1.31. The summed E-state index contributed by atoms with van der Waals surface area (Å²) >= 11 is 0. The third kappa shape index (κ3) is 4.14. The van der Waals surface area contributed by atoms with Crippen molar-refractivity contribution < 1.29 is 13.5 Å². The number of halogens is 2. The number of rotatable bonds is 6. The summed E-state index contributed by atoms with van der Waals surface area (Å²) < 4.78 is 30.9. The van der Waals surface area contributed by atoms with Crippen LogP contribution in [0.1, 0.15) is 20.3 Å². The van der Waals surface area contributed by atoms with Crippen LogP contribution in [0.25, 0.3) is 0 Å². The van der Waals surface area contributed by atoms with E-state index in [1.165, 1.54) is 6.07 Å². The van der Waals surface area contributed by atoms with E-state index in [2.05, 4.69) is 12.2 Å². The fourth-order valence-corrected chi connectivity index (χ4v) is 1.31. The van der Waals surface area contributed by atoms with Gasteiger partial charge in [0, 0.05) is 12.6 Å². The zero-order chi connectivity index (χ0) is 12.0. The number of hydrogen-bond donors (Lipinski definition) is 1. The van der Waals surface area contributed by atoms with Gasteiger partial charge in [-0.1, -0.05) is 6.92 Å². The first kappa shape index (κ1) is 12.9. The maximum absolute atomic E-state index is 12.9. The Bertz CT molecular complexity index is 331. The summed E-state index contributed by atoms with van der Waals surface area (Å²) in [6.45, 7) is 5.57. The average molecular weight is 229 g/mol. The first-order valence-corrected chi connectivity index (χ1v) is 5.46. The third-order valence-electron chi connectivity index (χ3n) is 2.09. The molecule has 0 aliphatic rings. The second kappa shape index (κ2) is 6.43. The van der Waals surface area contributed by atoms with E-state index >= 15 is 0 Å². The summed E-state index contributed by atoms with van der Waals surface area (Å²) in [4.78, 5) is 0. The number of ether oxygens (including phenoxy) is 1. The molecule has 1 aromatic carbocycles. The molecule has 0 saturated carbocycles. The molecule has 1 rings (SSSR count). The lowest BCUT2D eigenvalue weighted by Crippen LogP contribution is -2.29. The van der Waals surface area contributed by atoms with E-state index in [4.69, 9.17) is 4.74 Å². The standard InChI is InChI=1S/C12H17F2NO/c1-3-6-15-8-9(2)16-10-4-5-11(13)12(14)7-10/h4-5,7,9,15H,3,6,8H2,1-2H3. The molecule has 16 heavy (non-hydrogen) atoms. The van der Waals surface area contributed by atoms with Gasteiger partial charge < -0.3 is 10.1 Å². The Kier molecular flexibility index (Phi) is 5.19. The van der Waals surface area contributed by atoms with E-state index in [-0.39, 0.29) is 6.10 Å². The molecule has 4 heteroatoms. The SMILES string of the molecule is CCCNCC(C)Oc1ccc(F)c(F)c1. The molecule has 0 radical (unpaired) electrons. The molecule has 1 atom stereocenters. The van der Waals surface area contributed by atoms with Crippen LogP contribution in [-0.2, 0) is 0 Å². The van der Waals surface area contributed by atoms with Crippen molar-refractivity contribution in [1.82, 2.24) is 5.32 Å². The topological polar surface area (TPSA) is 21.3 Å². The molecular weight excluding hydrogens is 212 g/mol. The Labute approximate surface area is 94.6 Å². The minimum atomic E-state index is -0.883. The van der Waals surface area contributed by atoms with E-state index < -0.39 is 11.6 Å². The van der Waals surface area contributed by atoms with Gasteiger partial charge in [-0.3, -0.25) is 0 Å². The molecule has 90 valence electrons. The van der Waals surface area contributed by atoms with Gasteiger partial charge in [0.1, 0.15) is 11.9 Å². The van der Waals surface area contributed by atoms with Crippen molar-refractivity contribution in [1.29, 1.82) is 0 Å². The third-order valence-corrected chi connectivity index (χ3v) is 2.09. The van der Waals surface area contributed by atoms with Gasteiger partial charge in [0.15, 0.2) is 11.6 Å². The van der Waals surface area contributed by atoms with Crippen molar-refractivity contribution in [2.24, 2.45) is 0 Å². The molecule has 0 heterocycles. The highest BCUT2D eigenvalue weighted by molar-refractivity contribution is 5.23. The average Bonchev–Trinajstić information content (AvgIpc) is 2.24. The first-order valence-electron chi connectivity index (χ1n) is 5.46. The molecule has 0 aliphatic heterocycles. The van der Waals surface area contributed by atoms with Gasteiger partial charge in [0.25, 0.3) is 0 Å². The monoisotopic (exact) mass is 229 g/mol. The maximum Gasteiger partial charge on any atom is 0.162 e. The molecule has 1 aromatic rings. The second-order valence-corrected chi connectivity index (χ2v) is 3.71. The summed E-state index contributed by atoms with van der Waals surface area (Å²) in [5.41, 5.74) is 0. The van der Waals surface area contributed by atoms with E-state index in [1.54, 1.807) is 0 Å². The van der Waals surface area contributed by atoms with Crippen LogP contribution in [-0.4, -0.2) is 19.2 Å². The van der Waals surface area contributed by atoms with Gasteiger partial charge >= 0.3 is 0 Å². The summed E-state index contributed by atoms with van der Waals surface area (Å²) in [5, 5.41) is 3.19. The molecule has 1 N–H and O–H groups in total. The van der Waals surface area contributed by atoms with Crippen LogP contribution >= 0.6 is 0 Å². The maximum atomic E-state index is 12.9. The van der Waals surface area contributed by atoms with Crippen LogP contribution in [0.4, 0.5) is 8.78 Å². The number of hydrogen-bond acceptors (Lipinski definition) is 2. The lowest BCUT2D eigenvalue weighted by molar-refractivity contribution is 0.216. The summed E-state index contributed by atoms with van der Waals surface area (Å²) in [6.07, 6.45) is 0.981. The van der Waals surface area contributed by atoms with Crippen LogP contribution in [0.3, 0.4) is 0 Å². The quantitative estimate of drug-likeness (QED) is 0.757. The van der Waals surface area contributed by atoms with Crippen molar-refractivity contribution in [2.75, 3.05) is 13.1 Å². The highest BCUT2D eigenvalue weighted by Gasteiger charge is 2.06. The predicted molar refractivity (Wildman–Crippen MR) is 59.6 cm³/mol. The minimum Gasteiger partial charge on any atom is -0.489 e. The Balaban J connectivity index is 2.43. The van der Waals surface area contributed by atoms with Crippen molar-refractivity contribution in [3.63, 3.8) is 0 Å². The van der Waals surface area contributed by atoms with Crippen LogP contribution in [0.15, 0.2) is 18.2 Å². The van der Waals surface area contributed by atoms with E-state index in [9.17, 15) is 8.78 Å². The Morgan fingerprint density at radius 2 is 2.06 bits per heavy atom. The highest BCUT2D eigenvalue weighted by Crippen LogP contribution is 2.16. The van der Waals surface area contributed by atoms with Gasteiger partial charge in [-0.15, -0.1) is 0 Å². The summed E-state index contributed by atoms with van der Waals surface area (Å²) in [7, 11) is 0. The second-order valence-electron chi connectivity index (χ2n) is 3.71. The van der Waals surface area contributed by atoms with Crippen LogP contribution in [0.5, 0.6) is 5.75 Å². The fraction of sp³-hybridized carbons (Fsp3) is 0.500. The summed E-state index contributed by atoms with van der Waals surface area (Å²) in [6, 6.07) is 3.55. The van der Waals surface area contributed by atoms with E-state index in [1.807, 2.05) is 6.92 Å². The molecular formula is C12H17F2NO. The largest absolute Gasteiger partial charge is 0.489 e. The molecule has 0 aliphatic carbocycles. The van der Waals surface area contributed by atoms with Crippen LogP contribution in [0, 0.1) is 11.6 Å². The van der Waals surface area contributed by atoms with Crippen molar-refractivity contribution in [3.8, 4) is 5.75 Å². The highest BCUT2D eigenvalue weighted by atomic mass is 19.2. The van der Waals surface area contributed by atoms with Gasteiger partial charge in [0.2, 0.25) is 0 Å². The van der Waals surface area contributed by atoms with Gasteiger partial charge in [-0.25, -0.2) is 8.78 Å². The molecule has 0 fully saturated rings. The smallest absolute Gasteiger partial charge is 0.162 e. The van der Waals surface area contributed by atoms with Crippen LogP contribution < -0.4 is 10.1 Å².